The summed E-state index contributed by atoms with van der Waals surface area (Å²) >= 11 is 0. The van der Waals surface area contributed by atoms with Gasteiger partial charge in [-0.2, -0.15) is 0 Å². The van der Waals surface area contributed by atoms with E-state index in [9.17, 15) is 4.79 Å². The predicted molar refractivity (Wildman–Crippen MR) is 109 cm³/mol. The van der Waals surface area contributed by atoms with Gasteiger partial charge < -0.3 is 19.4 Å². The highest BCUT2D eigenvalue weighted by Crippen LogP contribution is 2.20. The van der Waals surface area contributed by atoms with E-state index in [0.717, 1.165) is 34.6 Å². The van der Waals surface area contributed by atoms with Crippen LogP contribution in [0.25, 0.3) is 11.0 Å². The van der Waals surface area contributed by atoms with Crippen molar-refractivity contribution in [3.63, 3.8) is 0 Å². The average Bonchev–Trinajstić information content (AvgIpc) is 3.06. The largest absolute Gasteiger partial charge is 0.491 e. The Morgan fingerprint density at radius 3 is 2.82 bits per heavy atom. The summed E-state index contributed by atoms with van der Waals surface area (Å²) in [7, 11) is 1.50. The van der Waals surface area contributed by atoms with Gasteiger partial charge in [-0.15, -0.1) is 6.58 Å². The summed E-state index contributed by atoms with van der Waals surface area (Å²) in [6.45, 7) is 5.29. The lowest BCUT2D eigenvalue weighted by atomic mass is 10.1. The summed E-state index contributed by atoms with van der Waals surface area (Å²) in [6.07, 6.45) is 2.63. The van der Waals surface area contributed by atoms with Crippen molar-refractivity contribution in [2.45, 2.75) is 19.5 Å². The van der Waals surface area contributed by atoms with E-state index < -0.39 is 0 Å². The van der Waals surface area contributed by atoms with Gasteiger partial charge in [0, 0.05) is 7.11 Å². The number of allylic oxidation sites excluding steroid dienone is 1. The molecule has 0 aliphatic rings. The third-order valence-corrected chi connectivity index (χ3v) is 4.36. The van der Waals surface area contributed by atoms with E-state index in [1.165, 1.54) is 7.11 Å². The van der Waals surface area contributed by atoms with Crippen LogP contribution < -0.4 is 10.1 Å². The molecule has 0 saturated heterocycles. The van der Waals surface area contributed by atoms with Crippen molar-refractivity contribution >= 4 is 16.9 Å². The average molecular weight is 379 g/mol. The zero-order chi connectivity index (χ0) is 19.8. The molecule has 3 aromatic rings. The van der Waals surface area contributed by atoms with Crippen molar-refractivity contribution in [2.24, 2.45) is 0 Å². The van der Waals surface area contributed by atoms with Gasteiger partial charge >= 0.3 is 0 Å². The number of carbonyl (C=O) groups is 1. The van der Waals surface area contributed by atoms with Crippen LogP contribution in [0.1, 0.15) is 11.4 Å². The molecule has 0 saturated carbocycles. The van der Waals surface area contributed by atoms with Gasteiger partial charge in [-0.05, 0) is 30.2 Å². The molecule has 0 radical (unpaired) electrons. The van der Waals surface area contributed by atoms with E-state index in [1.54, 1.807) is 0 Å². The number of imidazole rings is 1. The monoisotopic (exact) mass is 379 g/mol. The van der Waals surface area contributed by atoms with Crippen LogP contribution in [-0.2, 0) is 29.0 Å². The summed E-state index contributed by atoms with van der Waals surface area (Å²) < 4.78 is 13.0. The van der Waals surface area contributed by atoms with Crippen molar-refractivity contribution in [2.75, 3.05) is 20.3 Å². The van der Waals surface area contributed by atoms with Crippen molar-refractivity contribution in [1.82, 2.24) is 14.9 Å². The standard InChI is InChI=1S/C22H25N3O3/c1-3-8-17-9-4-7-12-20(17)28-14-13-25-19-11-6-5-10-18(19)24-21(25)15-23-22(26)16-27-2/h3-7,9-12H,1,8,13-16H2,2H3,(H,23,26). The first-order valence-electron chi connectivity index (χ1n) is 9.24. The van der Waals surface area contributed by atoms with Crippen molar-refractivity contribution < 1.29 is 14.3 Å². The lowest BCUT2D eigenvalue weighted by Gasteiger charge is -2.13. The second-order valence-corrected chi connectivity index (χ2v) is 6.33. The van der Waals surface area contributed by atoms with E-state index >= 15 is 0 Å². The Morgan fingerprint density at radius 2 is 2.00 bits per heavy atom. The number of ether oxygens (including phenoxy) is 2. The van der Waals surface area contributed by atoms with Crippen LogP contribution >= 0.6 is 0 Å². The summed E-state index contributed by atoms with van der Waals surface area (Å²) in [5.41, 5.74) is 3.02. The molecule has 0 aliphatic carbocycles. The van der Waals surface area contributed by atoms with Gasteiger partial charge in [0.15, 0.2) is 0 Å². The first kappa shape index (κ1) is 19.6. The molecule has 3 rings (SSSR count). The van der Waals surface area contributed by atoms with Gasteiger partial charge in [0.1, 0.15) is 24.8 Å². The second-order valence-electron chi connectivity index (χ2n) is 6.33. The van der Waals surface area contributed by atoms with Gasteiger partial charge in [0.2, 0.25) is 5.91 Å². The minimum Gasteiger partial charge on any atom is -0.491 e. The highest BCUT2D eigenvalue weighted by atomic mass is 16.5. The number of nitrogens with one attached hydrogen (secondary N) is 1. The Morgan fingerprint density at radius 1 is 1.21 bits per heavy atom. The zero-order valence-electron chi connectivity index (χ0n) is 16.1. The van der Waals surface area contributed by atoms with Crippen molar-refractivity contribution in [3.8, 4) is 5.75 Å². The predicted octanol–water partition coefficient (Wildman–Crippen LogP) is 3.11. The molecule has 2 aromatic carbocycles. The highest BCUT2D eigenvalue weighted by molar-refractivity contribution is 5.78. The quantitative estimate of drug-likeness (QED) is 0.550. The Balaban J connectivity index is 1.73. The Hall–Kier alpha value is -3.12. The molecule has 1 amide bonds. The van der Waals surface area contributed by atoms with Gasteiger partial charge in [0.25, 0.3) is 0 Å². The number of benzene rings is 2. The maximum atomic E-state index is 11.7. The molecule has 0 aliphatic heterocycles. The molecule has 0 fully saturated rings. The third-order valence-electron chi connectivity index (χ3n) is 4.36. The minimum absolute atomic E-state index is 0.0312. The molecular formula is C22H25N3O3. The van der Waals surface area contributed by atoms with Crippen LogP contribution in [0.4, 0.5) is 0 Å². The van der Waals surface area contributed by atoms with Crippen LogP contribution in [0.15, 0.2) is 61.2 Å². The molecular weight excluding hydrogens is 354 g/mol. The second kappa shape index (κ2) is 9.71. The fraction of sp³-hybridized carbons (Fsp3) is 0.273. The Bertz CT molecular complexity index is 949. The number of rotatable bonds is 10. The lowest BCUT2D eigenvalue weighted by Crippen LogP contribution is -2.28. The number of hydrogen-bond acceptors (Lipinski definition) is 4. The summed E-state index contributed by atoms with van der Waals surface area (Å²) in [4.78, 5) is 16.4. The van der Waals surface area contributed by atoms with Crippen molar-refractivity contribution in [3.05, 3.63) is 72.6 Å². The third kappa shape index (κ3) is 4.78. The molecule has 1 aromatic heterocycles. The molecule has 1 N–H and O–H groups in total. The highest BCUT2D eigenvalue weighted by Gasteiger charge is 2.12. The Labute approximate surface area is 164 Å². The molecule has 28 heavy (non-hydrogen) atoms. The van der Waals surface area contributed by atoms with E-state index in [4.69, 9.17) is 9.47 Å². The molecule has 146 valence electrons. The fourth-order valence-corrected chi connectivity index (χ4v) is 3.09. The van der Waals surface area contributed by atoms with E-state index in [1.807, 2.05) is 54.6 Å². The first-order chi connectivity index (χ1) is 13.7. The number of fused-ring (bicyclic) bond motifs is 1. The number of amides is 1. The molecule has 6 heteroatoms. The molecule has 0 bridgehead atoms. The molecule has 6 nitrogen and oxygen atoms in total. The van der Waals surface area contributed by atoms with Gasteiger partial charge in [-0.3, -0.25) is 4.79 Å². The van der Waals surface area contributed by atoms with Crippen LogP contribution in [0.3, 0.4) is 0 Å². The number of carbonyl (C=O) groups excluding carboxylic acids is 1. The first-order valence-corrected chi connectivity index (χ1v) is 9.24. The lowest BCUT2D eigenvalue weighted by molar-refractivity contribution is -0.124. The van der Waals surface area contributed by atoms with Crippen LogP contribution in [0.5, 0.6) is 5.75 Å². The molecule has 0 unspecified atom stereocenters. The molecule has 1 heterocycles. The SMILES string of the molecule is C=CCc1ccccc1OCCn1c(CNC(=O)COC)nc2ccccc21. The van der Waals surface area contributed by atoms with Gasteiger partial charge in [-0.25, -0.2) is 4.98 Å². The maximum absolute atomic E-state index is 11.7. The Kier molecular flexibility index (Phi) is 6.81. The van der Waals surface area contributed by atoms with Crippen LogP contribution in [0, 0.1) is 0 Å². The summed E-state index contributed by atoms with van der Waals surface area (Å²) in [6, 6.07) is 15.9. The number of methoxy groups -OCH3 is 1. The molecule has 0 spiro atoms. The van der Waals surface area contributed by atoms with E-state index in [2.05, 4.69) is 21.4 Å². The summed E-state index contributed by atoms with van der Waals surface area (Å²) in [5, 5.41) is 2.84. The van der Waals surface area contributed by atoms with Crippen molar-refractivity contribution in [1.29, 1.82) is 0 Å². The number of nitrogens with zero attached hydrogens (tertiary/aromatic N) is 2. The number of para-hydroxylation sites is 3. The molecule has 0 atom stereocenters. The maximum Gasteiger partial charge on any atom is 0.246 e. The van der Waals surface area contributed by atoms with Crippen LogP contribution in [0.2, 0.25) is 0 Å². The topological polar surface area (TPSA) is 65.4 Å². The number of hydrogen-bond donors (Lipinski definition) is 1. The van der Waals surface area contributed by atoms with Gasteiger partial charge in [0.05, 0.1) is 24.1 Å². The smallest absolute Gasteiger partial charge is 0.246 e. The zero-order valence-corrected chi connectivity index (χ0v) is 16.1. The normalized spacial score (nSPS) is 10.8. The van der Waals surface area contributed by atoms with Crippen LogP contribution in [-0.4, -0.2) is 35.8 Å². The number of aromatic nitrogens is 2. The van der Waals surface area contributed by atoms with E-state index in [-0.39, 0.29) is 12.5 Å². The summed E-state index contributed by atoms with van der Waals surface area (Å²) in [5.74, 6) is 1.48. The minimum atomic E-state index is -0.171. The van der Waals surface area contributed by atoms with Gasteiger partial charge in [-0.1, -0.05) is 36.4 Å². The van der Waals surface area contributed by atoms with E-state index in [0.29, 0.717) is 19.7 Å². The fourth-order valence-electron chi connectivity index (χ4n) is 3.09.